The Morgan fingerprint density at radius 1 is 1.44 bits per heavy atom. The lowest BCUT2D eigenvalue weighted by Gasteiger charge is -2.06. The Balaban J connectivity index is 2.74. The Bertz CT molecular complexity index is 445. The molecule has 0 bridgehead atoms. The van der Waals surface area contributed by atoms with Crippen molar-refractivity contribution >= 4 is 16.8 Å². The molecule has 0 fully saturated rings. The first-order chi connectivity index (χ1) is 8.34. The number of aromatic nitrogens is 1. The van der Waals surface area contributed by atoms with Crippen LogP contribution in [0.1, 0.15) is 12.5 Å². The normalized spacial score (nSPS) is 13.1. The average molecular weight is 281 g/mol. The van der Waals surface area contributed by atoms with Gasteiger partial charge in [0, 0.05) is 6.20 Å². The van der Waals surface area contributed by atoms with Crippen LogP contribution in [-0.4, -0.2) is 27.5 Å². The standard InChI is InChI=1S/C10H10F3NO3S/c1-2-17-9(15)6-18(16)8-4-3-7(5-14-8)10(11,12)13/h3-5H,2,6H2,1H3. The first-order valence-corrected chi connectivity index (χ1v) is 6.23. The molecule has 0 radical (unpaired) electrons. The molecule has 1 aromatic heterocycles. The first kappa shape index (κ1) is 14.6. The van der Waals surface area contributed by atoms with E-state index in [0.29, 0.717) is 6.20 Å². The van der Waals surface area contributed by atoms with E-state index in [1.165, 1.54) is 0 Å². The summed E-state index contributed by atoms with van der Waals surface area (Å²) in [5.41, 5.74) is -0.931. The summed E-state index contributed by atoms with van der Waals surface area (Å²) in [7, 11) is -1.80. The van der Waals surface area contributed by atoms with E-state index in [1.54, 1.807) is 6.92 Å². The molecular weight excluding hydrogens is 271 g/mol. The number of carbonyl (C=O) groups excluding carboxylic acids is 1. The molecule has 0 aliphatic carbocycles. The minimum absolute atomic E-state index is 0.0870. The summed E-state index contributed by atoms with van der Waals surface area (Å²) in [6.45, 7) is 1.74. The van der Waals surface area contributed by atoms with Crippen molar-refractivity contribution in [1.29, 1.82) is 0 Å². The largest absolute Gasteiger partial charge is 0.465 e. The average Bonchev–Trinajstić information content (AvgIpc) is 2.28. The molecule has 100 valence electrons. The van der Waals surface area contributed by atoms with Gasteiger partial charge in [0.05, 0.1) is 23.0 Å². The summed E-state index contributed by atoms with van der Waals surface area (Å²) in [4.78, 5) is 14.5. The van der Waals surface area contributed by atoms with E-state index in [9.17, 15) is 22.2 Å². The van der Waals surface area contributed by atoms with Crippen molar-refractivity contribution in [2.45, 2.75) is 18.1 Å². The SMILES string of the molecule is CCOC(=O)CS(=O)c1ccc(C(F)(F)F)cn1. The molecule has 0 aliphatic heterocycles. The van der Waals surface area contributed by atoms with E-state index in [4.69, 9.17) is 0 Å². The molecule has 0 saturated carbocycles. The second kappa shape index (κ2) is 5.94. The van der Waals surface area contributed by atoms with Crippen molar-refractivity contribution < 1.29 is 26.9 Å². The zero-order valence-electron chi connectivity index (χ0n) is 9.36. The molecule has 0 spiro atoms. The molecule has 1 aromatic rings. The van der Waals surface area contributed by atoms with Crippen LogP contribution >= 0.6 is 0 Å². The smallest absolute Gasteiger partial charge is 0.417 e. The van der Waals surface area contributed by atoms with Gasteiger partial charge in [0.1, 0.15) is 10.8 Å². The molecule has 0 aliphatic rings. The van der Waals surface area contributed by atoms with Gasteiger partial charge in [-0.2, -0.15) is 13.2 Å². The number of halogens is 3. The quantitative estimate of drug-likeness (QED) is 0.789. The lowest BCUT2D eigenvalue weighted by Crippen LogP contribution is -2.15. The Morgan fingerprint density at radius 3 is 2.56 bits per heavy atom. The molecule has 1 unspecified atom stereocenters. The second-order valence-corrected chi connectivity index (χ2v) is 4.58. The fraction of sp³-hybridized carbons (Fsp3) is 0.400. The molecule has 18 heavy (non-hydrogen) atoms. The lowest BCUT2D eigenvalue weighted by atomic mass is 10.3. The molecule has 0 saturated heterocycles. The maximum atomic E-state index is 12.2. The van der Waals surface area contributed by atoms with Gasteiger partial charge in [0.15, 0.2) is 0 Å². The molecule has 1 atom stereocenters. The summed E-state index contributed by atoms with van der Waals surface area (Å²) < 4.78 is 52.9. The topological polar surface area (TPSA) is 56.3 Å². The number of nitrogens with zero attached hydrogens (tertiary/aromatic N) is 1. The van der Waals surface area contributed by atoms with Crippen LogP contribution in [0.5, 0.6) is 0 Å². The van der Waals surface area contributed by atoms with Crippen LogP contribution in [0.15, 0.2) is 23.4 Å². The van der Waals surface area contributed by atoms with Crippen LogP contribution < -0.4 is 0 Å². The predicted molar refractivity (Wildman–Crippen MR) is 57.1 cm³/mol. The number of carbonyl (C=O) groups is 1. The highest BCUT2D eigenvalue weighted by molar-refractivity contribution is 7.85. The van der Waals surface area contributed by atoms with Crippen LogP contribution in [0.4, 0.5) is 13.2 Å². The first-order valence-electron chi connectivity index (χ1n) is 4.92. The van der Waals surface area contributed by atoms with Crippen molar-refractivity contribution in [3.05, 3.63) is 23.9 Å². The second-order valence-electron chi connectivity index (χ2n) is 3.18. The van der Waals surface area contributed by atoms with Gasteiger partial charge >= 0.3 is 12.1 Å². The molecule has 1 rings (SSSR count). The zero-order valence-corrected chi connectivity index (χ0v) is 10.2. The summed E-state index contributed by atoms with van der Waals surface area (Å²) >= 11 is 0. The van der Waals surface area contributed by atoms with E-state index < -0.39 is 34.3 Å². The molecule has 0 amide bonds. The van der Waals surface area contributed by atoms with E-state index >= 15 is 0 Å². The Morgan fingerprint density at radius 2 is 2.11 bits per heavy atom. The molecular formula is C10H10F3NO3S. The van der Waals surface area contributed by atoms with Gasteiger partial charge in [-0.1, -0.05) is 0 Å². The number of rotatable bonds is 4. The maximum Gasteiger partial charge on any atom is 0.417 e. The Hall–Kier alpha value is -1.44. The van der Waals surface area contributed by atoms with Crippen molar-refractivity contribution in [1.82, 2.24) is 4.98 Å². The van der Waals surface area contributed by atoms with Gasteiger partial charge in [0.25, 0.3) is 0 Å². The van der Waals surface area contributed by atoms with Crippen molar-refractivity contribution in [2.75, 3.05) is 12.4 Å². The number of alkyl halides is 3. The van der Waals surface area contributed by atoms with Crippen molar-refractivity contribution in [3.63, 3.8) is 0 Å². The van der Waals surface area contributed by atoms with E-state index in [2.05, 4.69) is 9.72 Å². The van der Waals surface area contributed by atoms with Crippen LogP contribution in [-0.2, 0) is 26.5 Å². The van der Waals surface area contributed by atoms with Gasteiger partial charge in [-0.15, -0.1) is 0 Å². The van der Waals surface area contributed by atoms with Crippen molar-refractivity contribution in [2.24, 2.45) is 0 Å². The third-order valence-corrected chi connectivity index (χ3v) is 3.06. The monoisotopic (exact) mass is 281 g/mol. The molecule has 0 N–H and O–H groups in total. The number of ether oxygens (including phenoxy) is 1. The minimum Gasteiger partial charge on any atom is -0.465 e. The highest BCUT2D eigenvalue weighted by atomic mass is 32.2. The van der Waals surface area contributed by atoms with E-state index in [0.717, 1.165) is 12.1 Å². The summed E-state index contributed by atoms with van der Waals surface area (Å²) in [5.74, 6) is -1.11. The zero-order chi connectivity index (χ0) is 13.8. The molecule has 4 nitrogen and oxygen atoms in total. The number of hydrogen-bond acceptors (Lipinski definition) is 4. The molecule has 8 heteroatoms. The fourth-order valence-corrected chi connectivity index (χ4v) is 1.90. The third kappa shape index (κ3) is 4.10. The molecule has 0 aromatic carbocycles. The highest BCUT2D eigenvalue weighted by Crippen LogP contribution is 2.28. The summed E-state index contributed by atoms with van der Waals surface area (Å²) in [6.07, 6.45) is -3.91. The Kier molecular flexibility index (Phi) is 4.83. The summed E-state index contributed by atoms with van der Waals surface area (Å²) in [5, 5.41) is -0.0870. The Labute approximate surface area is 104 Å². The number of hydrogen-bond donors (Lipinski definition) is 0. The van der Waals surface area contributed by atoms with Gasteiger partial charge in [-0.3, -0.25) is 9.00 Å². The maximum absolute atomic E-state index is 12.2. The van der Waals surface area contributed by atoms with E-state index in [1.807, 2.05) is 0 Å². The highest BCUT2D eigenvalue weighted by Gasteiger charge is 2.30. The van der Waals surface area contributed by atoms with Crippen LogP contribution in [0.3, 0.4) is 0 Å². The van der Waals surface area contributed by atoms with Gasteiger partial charge in [0.2, 0.25) is 0 Å². The van der Waals surface area contributed by atoms with E-state index in [-0.39, 0.29) is 11.6 Å². The molecule has 1 heterocycles. The third-order valence-electron chi connectivity index (χ3n) is 1.85. The van der Waals surface area contributed by atoms with Gasteiger partial charge in [-0.05, 0) is 19.1 Å². The minimum atomic E-state index is -4.49. The van der Waals surface area contributed by atoms with Crippen molar-refractivity contribution in [3.8, 4) is 0 Å². The predicted octanol–water partition coefficient (Wildman–Crippen LogP) is 1.77. The van der Waals surface area contributed by atoms with Crippen LogP contribution in [0, 0.1) is 0 Å². The lowest BCUT2D eigenvalue weighted by molar-refractivity contribution is -0.140. The number of pyridine rings is 1. The fourth-order valence-electron chi connectivity index (χ4n) is 1.07. The van der Waals surface area contributed by atoms with Gasteiger partial charge in [-0.25, -0.2) is 4.98 Å². The van der Waals surface area contributed by atoms with Crippen LogP contribution in [0.2, 0.25) is 0 Å². The number of esters is 1. The van der Waals surface area contributed by atoms with Crippen LogP contribution in [0.25, 0.3) is 0 Å². The summed E-state index contributed by atoms with van der Waals surface area (Å²) in [6, 6.07) is 1.75. The van der Waals surface area contributed by atoms with Gasteiger partial charge < -0.3 is 4.74 Å².